The fourth-order valence-electron chi connectivity index (χ4n) is 3.51. The molecule has 5 rings (SSSR count). The number of pyridine rings is 1. The van der Waals surface area contributed by atoms with E-state index in [0.29, 0.717) is 5.95 Å². The van der Waals surface area contributed by atoms with Gasteiger partial charge in [-0.05, 0) is 37.6 Å². The monoisotopic (exact) mass is 404 g/mol. The summed E-state index contributed by atoms with van der Waals surface area (Å²) in [5.41, 5.74) is 5.17. The van der Waals surface area contributed by atoms with Crippen molar-refractivity contribution >= 4 is 28.2 Å². The number of hydrogen-bond donors (Lipinski definition) is 2. The van der Waals surface area contributed by atoms with E-state index in [1.807, 2.05) is 32.3 Å². The van der Waals surface area contributed by atoms with E-state index >= 15 is 0 Å². The molecule has 0 bridgehead atoms. The van der Waals surface area contributed by atoms with E-state index in [9.17, 15) is 0 Å². The molecule has 29 heavy (non-hydrogen) atoms. The van der Waals surface area contributed by atoms with Crippen molar-refractivity contribution < 1.29 is 0 Å². The molecule has 146 valence electrons. The van der Waals surface area contributed by atoms with Crippen molar-refractivity contribution in [2.45, 2.75) is 26.8 Å². The summed E-state index contributed by atoms with van der Waals surface area (Å²) in [6, 6.07) is 6.06. The number of aromatic nitrogens is 6. The molecule has 5 heterocycles. The van der Waals surface area contributed by atoms with Crippen molar-refractivity contribution in [1.29, 1.82) is 0 Å². The Bertz CT molecular complexity index is 1160. The molecule has 8 nitrogen and oxygen atoms in total. The maximum atomic E-state index is 4.84. The van der Waals surface area contributed by atoms with Gasteiger partial charge in [-0.1, -0.05) is 0 Å². The minimum Gasteiger partial charge on any atom is -0.352 e. The van der Waals surface area contributed by atoms with Crippen LogP contribution in [0.25, 0.3) is 11.3 Å². The molecule has 4 aromatic rings. The fourth-order valence-corrected chi connectivity index (χ4v) is 4.47. The summed E-state index contributed by atoms with van der Waals surface area (Å²) >= 11 is 1.65. The lowest BCUT2D eigenvalue weighted by Gasteiger charge is -2.22. The summed E-state index contributed by atoms with van der Waals surface area (Å²) in [5.74, 6) is 1.57. The molecule has 0 radical (unpaired) electrons. The topological polar surface area (TPSA) is 95.5 Å². The largest absolute Gasteiger partial charge is 0.352 e. The van der Waals surface area contributed by atoms with E-state index in [2.05, 4.69) is 47.5 Å². The van der Waals surface area contributed by atoms with Gasteiger partial charge >= 0.3 is 0 Å². The maximum Gasteiger partial charge on any atom is 0.229 e. The predicted molar refractivity (Wildman–Crippen MR) is 113 cm³/mol. The van der Waals surface area contributed by atoms with Crippen LogP contribution in [0.2, 0.25) is 0 Å². The second-order valence-electron chi connectivity index (χ2n) is 7.05. The molecule has 1 aliphatic heterocycles. The van der Waals surface area contributed by atoms with Crippen LogP contribution in [-0.2, 0) is 13.0 Å². The van der Waals surface area contributed by atoms with Gasteiger partial charge in [0.1, 0.15) is 5.82 Å². The van der Waals surface area contributed by atoms with E-state index in [4.69, 9.17) is 4.98 Å². The Hall–Kier alpha value is -3.33. The smallest absolute Gasteiger partial charge is 0.229 e. The number of aryl methyl sites for hydroxylation is 2. The second kappa shape index (κ2) is 7.25. The Kier molecular flexibility index (Phi) is 4.44. The van der Waals surface area contributed by atoms with Gasteiger partial charge in [0, 0.05) is 48.2 Å². The van der Waals surface area contributed by atoms with Crippen molar-refractivity contribution in [1.82, 2.24) is 30.1 Å². The van der Waals surface area contributed by atoms with Crippen LogP contribution in [0.15, 0.2) is 36.8 Å². The molecule has 0 saturated heterocycles. The molecular weight excluding hydrogens is 384 g/mol. The molecule has 0 fully saturated rings. The zero-order valence-corrected chi connectivity index (χ0v) is 17.0. The zero-order chi connectivity index (χ0) is 19.8. The Morgan fingerprint density at radius 3 is 2.90 bits per heavy atom. The van der Waals surface area contributed by atoms with E-state index < -0.39 is 0 Å². The Labute approximate surface area is 172 Å². The summed E-state index contributed by atoms with van der Waals surface area (Å²) in [4.78, 5) is 21.4. The molecule has 0 atom stereocenters. The number of aromatic amines is 1. The third-order valence-corrected chi connectivity index (χ3v) is 5.88. The van der Waals surface area contributed by atoms with Gasteiger partial charge in [-0.25, -0.2) is 15.0 Å². The molecule has 0 spiro atoms. The fraction of sp³-hybridized carbons (Fsp3) is 0.250. The van der Waals surface area contributed by atoms with Crippen LogP contribution in [0.3, 0.4) is 0 Å². The van der Waals surface area contributed by atoms with Crippen molar-refractivity contribution in [3.05, 3.63) is 58.6 Å². The minimum absolute atomic E-state index is 0.566. The van der Waals surface area contributed by atoms with Crippen LogP contribution in [-0.4, -0.2) is 36.7 Å². The lowest BCUT2D eigenvalue weighted by molar-refractivity contribution is 0.774. The van der Waals surface area contributed by atoms with Crippen LogP contribution >= 0.6 is 11.3 Å². The Balaban J connectivity index is 1.44. The van der Waals surface area contributed by atoms with Gasteiger partial charge in [0.05, 0.1) is 17.5 Å². The molecule has 9 heteroatoms. The Morgan fingerprint density at radius 1 is 1.14 bits per heavy atom. The third-order valence-electron chi connectivity index (χ3n) is 4.84. The number of rotatable bonds is 4. The quantitative estimate of drug-likeness (QED) is 0.536. The first-order valence-corrected chi connectivity index (χ1v) is 10.2. The van der Waals surface area contributed by atoms with Gasteiger partial charge in [-0.2, -0.15) is 5.10 Å². The first-order chi connectivity index (χ1) is 14.2. The van der Waals surface area contributed by atoms with Crippen LogP contribution < -0.4 is 10.2 Å². The van der Waals surface area contributed by atoms with Crippen molar-refractivity contribution in [3.63, 3.8) is 0 Å². The summed E-state index contributed by atoms with van der Waals surface area (Å²) < 4.78 is 0. The van der Waals surface area contributed by atoms with E-state index in [1.54, 1.807) is 17.5 Å². The second-order valence-corrected chi connectivity index (χ2v) is 8.13. The number of thiazole rings is 1. The number of anilines is 3. The van der Waals surface area contributed by atoms with Crippen LogP contribution in [0.4, 0.5) is 16.9 Å². The molecule has 0 amide bonds. The molecule has 0 saturated carbocycles. The number of nitrogens with zero attached hydrogens (tertiary/aromatic N) is 6. The molecule has 1 aliphatic rings. The van der Waals surface area contributed by atoms with Crippen LogP contribution in [0.5, 0.6) is 0 Å². The van der Waals surface area contributed by atoms with E-state index in [1.165, 1.54) is 10.4 Å². The summed E-state index contributed by atoms with van der Waals surface area (Å²) in [5, 5.41) is 11.5. The lowest BCUT2D eigenvalue weighted by Crippen LogP contribution is -2.25. The highest BCUT2D eigenvalue weighted by Gasteiger charge is 2.25. The number of nitrogens with one attached hydrogen (secondary N) is 2. The average molecular weight is 405 g/mol. The zero-order valence-electron chi connectivity index (χ0n) is 16.2. The van der Waals surface area contributed by atoms with Crippen molar-refractivity contribution in [2.24, 2.45) is 0 Å². The minimum atomic E-state index is 0.566. The Morgan fingerprint density at radius 2 is 2.03 bits per heavy atom. The highest BCUT2D eigenvalue weighted by Crippen LogP contribution is 2.39. The maximum absolute atomic E-state index is 4.84. The van der Waals surface area contributed by atoms with Gasteiger partial charge in [0.25, 0.3) is 0 Å². The first kappa shape index (κ1) is 17.7. The van der Waals surface area contributed by atoms with Gasteiger partial charge in [-0.3, -0.25) is 10.1 Å². The first-order valence-electron chi connectivity index (χ1n) is 9.42. The lowest BCUT2D eigenvalue weighted by atomic mass is 10.2. The number of hydrogen-bond acceptors (Lipinski definition) is 8. The van der Waals surface area contributed by atoms with Gasteiger partial charge < -0.3 is 10.2 Å². The van der Waals surface area contributed by atoms with E-state index in [-0.39, 0.29) is 0 Å². The highest BCUT2D eigenvalue weighted by atomic mass is 32.1. The van der Waals surface area contributed by atoms with Gasteiger partial charge in [-0.15, -0.1) is 11.3 Å². The molecule has 0 unspecified atom stereocenters. The molecular formula is C20H20N8S. The number of fused-ring (bicyclic) bond motifs is 3. The number of H-pyrrole nitrogens is 1. The predicted octanol–water partition coefficient (Wildman–Crippen LogP) is 3.64. The van der Waals surface area contributed by atoms with Gasteiger partial charge in [0.2, 0.25) is 5.95 Å². The van der Waals surface area contributed by atoms with Gasteiger partial charge in [0.15, 0.2) is 5.13 Å². The van der Waals surface area contributed by atoms with Crippen molar-refractivity contribution in [2.75, 3.05) is 16.8 Å². The van der Waals surface area contributed by atoms with Crippen molar-refractivity contribution in [3.8, 4) is 11.3 Å². The van der Waals surface area contributed by atoms with E-state index in [0.717, 1.165) is 53.1 Å². The highest BCUT2D eigenvalue weighted by molar-refractivity contribution is 7.16. The molecule has 4 aromatic heterocycles. The molecule has 0 aromatic carbocycles. The summed E-state index contributed by atoms with van der Waals surface area (Å²) in [7, 11) is 0. The summed E-state index contributed by atoms with van der Waals surface area (Å²) in [6.07, 6.45) is 6.38. The standard InChI is InChI=1S/C20H20N8S/c1-12-3-6-22-19(24-12)26-20-25-17-15-10-23-27-18(15)28(8-5-16(17)29-20)11-14-4-7-21-13(2)9-14/h3-4,6-7,9-10H,5,8,11H2,1-2H3,(H,23,27)(H,22,24,25,26). The van der Waals surface area contributed by atoms with Crippen LogP contribution in [0, 0.1) is 13.8 Å². The molecule has 2 N–H and O–H groups in total. The SMILES string of the molecule is Cc1cc(CN2CCc3sc(Nc4nccc(C)n4)nc3-c3cn[nH]c32)ccn1. The molecule has 0 aliphatic carbocycles. The summed E-state index contributed by atoms with van der Waals surface area (Å²) in [6.45, 7) is 5.64. The normalized spacial score (nSPS) is 13.0. The van der Waals surface area contributed by atoms with Crippen LogP contribution in [0.1, 0.15) is 21.8 Å². The average Bonchev–Trinajstić information content (AvgIpc) is 3.29. The third kappa shape index (κ3) is 3.56.